The number of hydrogen-bond donors (Lipinski definition) is 3. The van der Waals surface area contributed by atoms with Crippen LogP contribution < -0.4 is 20.7 Å². The van der Waals surface area contributed by atoms with Crippen LogP contribution in [0, 0.1) is 11.6 Å². The van der Waals surface area contributed by atoms with Crippen molar-refractivity contribution in [3.63, 3.8) is 0 Å². The van der Waals surface area contributed by atoms with E-state index >= 15 is 0 Å². The molecule has 1 saturated heterocycles. The van der Waals surface area contributed by atoms with Crippen molar-refractivity contribution < 1.29 is 23.1 Å². The van der Waals surface area contributed by atoms with Gasteiger partial charge < -0.3 is 20.7 Å². The van der Waals surface area contributed by atoms with Crippen molar-refractivity contribution in [3.05, 3.63) is 29.8 Å². The van der Waals surface area contributed by atoms with Gasteiger partial charge in [0, 0.05) is 12.6 Å². The number of carbonyl (C=O) groups excluding carboxylic acids is 2. The van der Waals surface area contributed by atoms with Gasteiger partial charge in [-0.1, -0.05) is 0 Å². The van der Waals surface area contributed by atoms with Gasteiger partial charge in [0.05, 0.1) is 6.54 Å². The smallest absolute Gasteiger partial charge is 0.315 e. The molecule has 6 nitrogen and oxygen atoms in total. The number of rotatable bonds is 5. The maximum absolute atomic E-state index is 13.0. The molecule has 1 aliphatic heterocycles. The fraction of sp³-hybridized carbons (Fsp3) is 0.467. The number of halogens is 2. The average Bonchev–Trinajstić information content (AvgIpc) is 2.72. The number of benzene rings is 1. The lowest BCUT2D eigenvalue weighted by atomic mass is 10.1. The minimum absolute atomic E-state index is 0.0926. The SMILES string of the molecule is O=C(NCCOc1ccc(F)c(F)c1)NC1CCCCNC1=O. The highest BCUT2D eigenvalue weighted by Gasteiger charge is 2.21. The second kappa shape index (κ2) is 8.30. The summed E-state index contributed by atoms with van der Waals surface area (Å²) in [6, 6.07) is 2.19. The van der Waals surface area contributed by atoms with Crippen molar-refractivity contribution >= 4 is 11.9 Å². The average molecular weight is 327 g/mol. The van der Waals surface area contributed by atoms with Crippen molar-refractivity contribution in [3.8, 4) is 5.75 Å². The zero-order valence-electron chi connectivity index (χ0n) is 12.5. The highest BCUT2D eigenvalue weighted by Crippen LogP contribution is 2.14. The molecule has 1 heterocycles. The van der Waals surface area contributed by atoms with E-state index in [0.29, 0.717) is 13.0 Å². The number of nitrogens with one attached hydrogen (secondary N) is 3. The second-order valence-electron chi connectivity index (χ2n) is 5.16. The van der Waals surface area contributed by atoms with E-state index in [1.165, 1.54) is 6.07 Å². The molecule has 2 rings (SSSR count). The van der Waals surface area contributed by atoms with Crippen LogP contribution in [-0.2, 0) is 4.79 Å². The maximum Gasteiger partial charge on any atom is 0.315 e. The van der Waals surface area contributed by atoms with Crippen LogP contribution in [0.4, 0.5) is 13.6 Å². The third-order valence-corrected chi connectivity index (χ3v) is 3.39. The Morgan fingerprint density at radius 2 is 2.13 bits per heavy atom. The number of hydrogen-bond acceptors (Lipinski definition) is 3. The first kappa shape index (κ1) is 17.0. The molecule has 126 valence electrons. The van der Waals surface area contributed by atoms with E-state index in [4.69, 9.17) is 4.74 Å². The van der Waals surface area contributed by atoms with Crippen LogP contribution in [-0.4, -0.2) is 37.7 Å². The quantitative estimate of drug-likeness (QED) is 0.714. The van der Waals surface area contributed by atoms with Crippen LogP contribution in [0.3, 0.4) is 0 Å². The van der Waals surface area contributed by atoms with E-state index < -0.39 is 23.7 Å². The highest BCUT2D eigenvalue weighted by atomic mass is 19.2. The molecule has 1 aromatic carbocycles. The monoisotopic (exact) mass is 327 g/mol. The van der Waals surface area contributed by atoms with Crippen LogP contribution >= 0.6 is 0 Å². The van der Waals surface area contributed by atoms with Crippen LogP contribution in [0.5, 0.6) is 5.75 Å². The zero-order chi connectivity index (χ0) is 16.7. The third kappa shape index (κ3) is 5.39. The Kier molecular flexibility index (Phi) is 6.13. The number of carbonyl (C=O) groups is 2. The molecule has 23 heavy (non-hydrogen) atoms. The number of amides is 3. The number of ether oxygens (including phenoxy) is 1. The Hall–Kier alpha value is -2.38. The van der Waals surface area contributed by atoms with E-state index in [1.54, 1.807) is 0 Å². The summed E-state index contributed by atoms with van der Waals surface area (Å²) < 4.78 is 30.9. The largest absolute Gasteiger partial charge is 0.492 e. The van der Waals surface area contributed by atoms with E-state index in [1.807, 2.05) is 0 Å². The summed E-state index contributed by atoms with van der Waals surface area (Å²) in [6.45, 7) is 0.884. The zero-order valence-corrected chi connectivity index (χ0v) is 12.5. The molecule has 1 aromatic rings. The first-order valence-corrected chi connectivity index (χ1v) is 7.46. The van der Waals surface area contributed by atoms with Crippen molar-refractivity contribution in [1.29, 1.82) is 0 Å². The Balaban J connectivity index is 1.68. The molecule has 0 spiro atoms. The van der Waals surface area contributed by atoms with E-state index in [-0.39, 0.29) is 24.8 Å². The predicted molar refractivity (Wildman–Crippen MR) is 79.0 cm³/mol. The molecule has 0 bridgehead atoms. The molecule has 8 heteroatoms. The van der Waals surface area contributed by atoms with Gasteiger partial charge in [-0.05, 0) is 31.4 Å². The Labute approximate surface area is 132 Å². The third-order valence-electron chi connectivity index (χ3n) is 3.39. The lowest BCUT2D eigenvalue weighted by molar-refractivity contribution is -0.122. The van der Waals surface area contributed by atoms with E-state index in [2.05, 4.69) is 16.0 Å². The van der Waals surface area contributed by atoms with E-state index in [9.17, 15) is 18.4 Å². The molecule has 3 amide bonds. The lowest BCUT2D eigenvalue weighted by Crippen LogP contribution is -2.49. The summed E-state index contributed by atoms with van der Waals surface area (Å²) in [5, 5.41) is 7.87. The molecule has 1 fully saturated rings. The summed E-state index contributed by atoms with van der Waals surface area (Å²) in [6.07, 6.45) is 2.36. The minimum Gasteiger partial charge on any atom is -0.492 e. The molecule has 1 unspecified atom stereocenters. The van der Waals surface area contributed by atoms with Crippen molar-refractivity contribution in [1.82, 2.24) is 16.0 Å². The van der Waals surface area contributed by atoms with Gasteiger partial charge in [-0.25, -0.2) is 13.6 Å². The van der Waals surface area contributed by atoms with Gasteiger partial charge in [0.2, 0.25) is 5.91 Å². The summed E-state index contributed by atoms with van der Waals surface area (Å²) in [5.41, 5.74) is 0. The molecular weight excluding hydrogens is 308 g/mol. The highest BCUT2D eigenvalue weighted by molar-refractivity contribution is 5.87. The van der Waals surface area contributed by atoms with Crippen LogP contribution in [0.2, 0.25) is 0 Å². The molecule has 1 atom stereocenters. The molecule has 0 aliphatic carbocycles. The van der Waals surface area contributed by atoms with Crippen molar-refractivity contribution in [2.75, 3.05) is 19.7 Å². The van der Waals surface area contributed by atoms with Crippen LogP contribution in [0.25, 0.3) is 0 Å². The van der Waals surface area contributed by atoms with Crippen LogP contribution in [0.1, 0.15) is 19.3 Å². The van der Waals surface area contributed by atoms with Crippen molar-refractivity contribution in [2.45, 2.75) is 25.3 Å². The van der Waals surface area contributed by atoms with Gasteiger partial charge in [0.25, 0.3) is 0 Å². The number of urea groups is 1. The van der Waals surface area contributed by atoms with E-state index in [0.717, 1.165) is 25.0 Å². The summed E-state index contributed by atoms with van der Waals surface area (Å²) in [7, 11) is 0. The first-order chi connectivity index (χ1) is 11.1. The predicted octanol–water partition coefficient (Wildman–Crippen LogP) is 1.31. The lowest BCUT2D eigenvalue weighted by Gasteiger charge is -2.15. The fourth-order valence-electron chi connectivity index (χ4n) is 2.19. The second-order valence-corrected chi connectivity index (χ2v) is 5.16. The molecule has 0 aromatic heterocycles. The molecule has 0 saturated carbocycles. The van der Waals surface area contributed by atoms with Gasteiger partial charge in [-0.2, -0.15) is 0 Å². The molecule has 3 N–H and O–H groups in total. The summed E-state index contributed by atoms with van der Waals surface area (Å²) in [4.78, 5) is 23.4. The Morgan fingerprint density at radius 1 is 1.30 bits per heavy atom. The van der Waals surface area contributed by atoms with Gasteiger partial charge in [-0.3, -0.25) is 4.79 Å². The molecule has 0 radical (unpaired) electrons. The molecule has 1 aliphatic rings. The van der Waals surface area contributed by atoms with Gasteiger partial charge in [-0.15, -0.1) is 0 Å². The molecular formula is C15H19F2N3O3. The van der Waals surface area contributed by atoms with Gasteiger partial charge >= 0.3 is 6.03 Å². The normalized spacial score (nSPS) is 17.8. The standard InChI is InChI=1S/C15H19F2N3O3/c16-11-5-4-10(9-12(11)17)23-8-7-19-15(22)20-13-3-1-2-6-18-14(13)21/h4-5,9,13H,1-3,6-8H2,(H,18,21)(H2,19,20,22). The summed E-state index contributed by atoms with van der Waals surface area (Å²) in [5.74, 6) is -1.95. The van der Waals surface area contributed by atoms with Gasteiger partial charge in [0.1, 0.15) is 18.4 Å². The van der Waals surface area contributed by atoms with Gasteiger partial charge in [0.15, 0.2) is 11.6 Å². The Bertz CT molecular complexity index is 569. The van der Waals surface area contributed by atoms with Crippen LogP contribution in [0.15, 0.2) is 18.2 Å². The van der Waals surface area contributed by atoms with Crippen molar-refractivity contribution in [2.24, 2.45) is 0 Å². The summed E-state index contributed by atoms with van der Waals surface area (Å²) >= 11 is 0. The topological polar surface area (TPSA) is 79.5 Å². The Morgan fingerprint density at radius 3 is 2.91 bits per heavy atom. The minimum atomic E-state index is -0.993. The maximum atomic E-state index is 13.0. The fourth-order valence-corrected chi connectivity index (χ4v) is 2.19. The first-order valence-electron chi connectivity index (χ1n) is 7.46.